The third kappa shape index (κ3) is 4.25. The molecule has 5 nitrogen and oxygen atoms in total. The van der Waals surface area contributed by atoms with Crippen molar-refractivity contribution < 1.29 is 22.7 Å². The van der Waals surface area contributed by atoms with Crippen molar-refractivity contribution in [1.82, 2.24) is 10.3 Å². The van der Waals surface area contributed by atoms with Gasteiger partial charge in [0.1, 0.15) is 11.4 Å². The van der Waals surface area contributed by atoms with E-state index in [-0.39, 0.29) is 11.9 Å². The van der Waals surface area contributed by atoms with Crippen molar-refractivity contribution in [2.45, 2.75) is 38.6 Å². The number of carbonyl (C=O) groups is 1. The molecule has 0 bridgehead atoms. The molecule has 1 aromatic heterocycles. The Morgan fingerprint density at radius 2 is 2.00 bits per heavy atom. The maximum atomic E-state index is 12.6. The molecule has 1 amide bonds. The second-order valence-corrected chi connectivity index (χ2v) is 6.15. The number of hydrogen-bond donors (Lipinski definition) is 1. The number of nitrogens with one attached hydrogen (secondary N) is 1. The van der Waals surface area contributed by atoms with Crippen LogP contribution in [-0.2, 0) is 10.9 Å². The molecule has 1 aliphatic heterocycles. The third-order valence-electron chi connectivity index (χ3n) is 3.00. The Kier molecular flexibility index (Phi) is 4.21. The first-order valence-electron chi connectivity index (χ1n) is 6.82. The molecule has 2 heterocycles. The normalized spacial score (nSPS) is 16.2. The van der Waals surface area contributed by atoms with Crippen molar-refractivity contribution in [2.24, 2.45) is 0 Å². The summed E-state index contributed by atoms with van der Waals surface area (Å²) in [6, 6.07) is 1.77. The van der Waals surface area contributed by atoms with E-state index in [1.165, 1.54) is 0 Å². The molecule has 1 saturated heterocycles. The second kappa shape index (κ2) is 5.66. The number of ether oxygens (including phenoxy) is 1. The molecule has 1 aliphatic rings. The van der Waals surface area contributed by atoms with E-state index < -0.39 is 23.4 Å². The maximum Gasteiger partial charge on any atom is 0.416 e. The molecule has 0 atom stereocenters. The first-order chi connectivity index (χ1) is 10.0. The maximum absolute atomic E-state index is 12.6. The van der Waals surface area contributed by atoms with Gasteiger partial charge in [-0.3, -0.25) is 0 Å². The van der Waals surface area contributed by atoms with Crippen LogP contribution in [0.4, 0.5) is 23.8 Å². The number of halogens is 3. The summed E-state index contributed by atoms with van der Waals surface area (Å²) in [5.41, 5.74) is -1.32. The van der Waals surface area contributed by atoms with Gasteiger partial charge in [0.2, 0.25) is 0 Å². The van der Waals surface area contributed by atoms with Crippen LogP contribution >= 0.6 is 0 Å². The summed E-state index contributed by atoms with van der Waals surface area (Å²) >= 11 is 0. The fraction of sp³-hybridized carbons (Fsp3) is 0.571. The molecule has 8 heteroatoms. The number of hydrogen-bond acceptors (Lipinski definition) is 4. The Morgan fingerprint density at radius 3 is 2.55 bits per heavy atom. The van der Waals surface area contributed by atoms with Crippen molar-refractivity contribution in [3.8, 4) is 0 Å². The largest absolute Gasteiger partial charge is 0.444 e. The number of nitrogens with zero attached hydrogens (tertiary/aromatic N) is 2. The Hall–Kier alpha value is -1.99. The van der Waals surface area contributed by atoms with Gasteiger partial charge >= 0.3 is 12.3 Å². The molecule has 22 heavy (non-hydrogen) atoms. The molecule has 0 spiro atoms. The predicted octanol–water partition coefficient (Wildman–Crippen LogP) is 2.81. The van der Waals surface area contributed by atoms with Gasteiger partial charge in [-0.2, -0.15) is 13.2 Å². The molecule has 1 aromatic rings. The molecule has 122 valence electrons. The topological polar surface area (TPSA) is 54.5 Å². The highest BCUT2D eigenvalue weighted by Crippen LogP contribution is 2.31. The minimum absolute atomic E-state index is 0.161. The zero-order valence-electron chi connectivity index (χ0n) is 12.6. The van der Waals surface area contributed by atoms with Crippen molar-refractivity contribution in [3.05, 3.63) is 23.9 Å². The van der Waals surface area contributed by atoms with Crippen molar-refractivity contribution >= 4 is 11.9 Å². The van der Waals surface area contributed by atoms with Crippen LogP contribution in [0, 0.1) is 0 Å². The molecule has 0 saturated carbocycles. The van der Waals surface area contributed by atoms with E-state index >= 15 is 0 Å². The van der Waals surface area contributed by atoms with Crippen LogP contribution in [0.2, 0.25) is 0 Å². The van der Waals surface area contributed by atoms with Gasteiger partial charge < -0.3 is 15.0 Å². The average Bonchev–Trinajstić information content (AvgIpc) is 2.30. The third-order valence-corrected chi connectivity index (χ3v) is 3.00. The van der Waals surface area contributed by atoms with Gasteiger partial charge in [0, 0.05) is 19.3 Å². The zero-order chi connectivity index (χ0) is 16.5. The summed E-state index contributed by atoms with van der Waals surface area (Å²) < 4.78 is 43.0. The molecular formula is C14H18F3N3O2. The van der Waals surface area contributed by atoms with Gasteiger partial charge in [0.25, 0.3) is 0 Å². The molecule has 0 unspecified atom stereocenters. The second-order valence-electron chi connectivity index (χ2n) is 6.15. The van der Waals surface area contributed by atoms with Crippen LogP contribution < -0.4 is 10.2 Å². The van der Waals surface area contributed by atoms with Gasteiger partial charge in [-0.15, -0.1) is 0 Å². The Labute approximate surface area is 126 Å². The number of alkyl halides is 3. The summed E-state index contributed by atoms with van der Waals surface area (Å²) in [5, 5.41) is 2.66. The summed E-state index contributed by atoms with van der Waals surface area (Å²) in [4.78, 5) is 17.2. The van der Waals surface area contributed by atoms with E-state index in [9.17, 15) is 18.0 Å². The van der Waals surface area contributed by atoms with Gasteiger partial charge in [0.15, 0.2) is 0 Å². The zero-order valence-corrected chi connectivity index (χ0v) is 12.6. The van der Waals surface area contributed by atoms with E-state index in [1.54, 1.807) is 25.7 Å². The number of rotatable bonds is 2. The van der Waals surface area contributed by atoms with Gasteiger partial charge in [-0.1, -0.05) is 0 Å². The van der Waals surface area contributed by atoms with Crippen molar-refractivity contribution in [1.29, 1.82) is 0 Å². The molecule has 2 rings (SSSR count). The summed E-state index contributed by atoms with van der Waals surface area (Å²) in [5.74, 6) is 0.247. The molecule has 0 aliphatic carbocycles. The van der Waals surface area contributed by atoms with Crippen LogP contribution in [0.5, 0.6) is 0 Å². The van der Waals surface area contributed by atoms with Crippen LogP contribution in [-0.4, -0.2) is 35.8 Å². The highest BCUT2D eigenvalue weighted by molar-refractivity contribution is 5.68. The molecule has 0 aromatic carbocycles. The van der Waals surface area contributed by atoms with Crippen LogP contribution in [0.1, 0.15) is 26.3 Å². The van der Waals surface area contributed by atoms with E-state index in [0.717, 1.165) is 18.3 Å². The van der Waals surface area contributed by atoms with Gasteiger partial charge in [0.05, 0.1) is 11.6 Å². The van der Waals surface area contributed by atoms with Gasteiger partial charge in [-0.05, 0) is 32.9 Å². The fourth-order valence-corrected chi connectivity index (χ4v) is 2.00. The van der Waals surface area contributed by atoms with Crippen LogP contribution in [0.25, 0.3) is 0 Å². The molecular weight excluding hydrogens is 299 g/mol. The average molecular weight is 317 g/mol. The monoisotopic (exact) mass is 317 g/mol. The van der Waals surface area contributed by atoms with E-state index in [4.69, 9.17) is 4.74 Å². The van der Waals surface area contributed by atoms with E-state index in [2.05, 4.69) is 10.3 Å². The summed E-state index contributed by atoms with van der Waals surface area (Å²) in [6.45, 7) is 6.06. The lowest BCUT2D eigenvalue weighted by molar-refractivity contribution is -0.137. The highest BCUT2D eigenvalue weighted by Gasteiger charge is 2.34. The quantitative estimate of drug-likeness (QED) is 0.911. The van der Waals surface area contributed by atoms with Crippen molar-refractivity contribution in [2.75, 3.05) is 18.0 Å². The minimum Gasteiger partial charge on any atom is -0.444 e. The van der Waals surface area contributed by atoms with E-state index in [1.807, 2.05) is 0 Å². The first kappa shape index (κ1) is 16.4. The predicted molar refractivity (Wildman–Crippen MR) is 74.6 cm³/mol. The summed E-state index contributed by atoms with van der Waals surface area (Å²) in [7, 11) is 0. The lowest BCUT2D eigenvalue weighted by Crippen LogP contribution is -2.60. The lowest BCUT2D eigenvalue weighted by atomic mass is 10.1. The Bertz CT molecular complexity index is 549. The SMILES string of the molecule is CC(C)(C)OC(=O)NC1CN(c2cc(C(F)(F)F)ccn2)C1. The molecule has 1 N–H and O–H groups in total. The van der Waals surface area contributed by atoms with Crippen LogP contribution in [0.15, 0.2) is 18.3 Å². The Balaban J connectivity index is 1.88. The standard InChI is InChI=1S/C14H18F3N3O2/c1-13(2,3)22-12(21)19-10-7-20(8-10)11-6-9(4-5-18-11)14(15,16)17/h4-6,10H,7-8H2,1-3H3,(H,19,21). The minimum atomic E-state index is -4.39. The Morgan fingerprint density at radius 1 is 1.36 bits per heavy atom. The van der Waals surface area contributed by atoms with Crippen molar-refractivity contribution in [3.63, 3.8) is 0 Å². The highest BCUT2D eigenvalue weighted by atomic mass is 19.4. The number of amides is 1. The number of anilines is 1. The summed E-state index contributed by atoms with van der Waals surface area (Å²) in [6.07, 6.45) is -3.79. The molecule has 0 radical (unpaired) electrons. The van der Waals surface area contributed by atoms with E-state index in [0.29, 0.717) is 13.1 Å². The number of carbonyl (C=O) groups excluding carboxylic acids is 1. The van der Waals surface area contributed by atoms with Gasteiger partial charge in [-0.25, -0.2) is 9.78 Å². The lowest BCUT2D eigenvalue weighted by Gasteiger charge is -2.40. The number of pyridine rings is 1. The smallest absolute Gasteiger partial charge is 0.416 e. The molecule has 1 fully saturated rings. The first-order valence-corrected chi connectivity index (χ1v) is 6.82. The number of alkyl carbamates (subject to hydrolysis) is 1. The number of aromatic nitrogens is 1. The van der Waals surface area contributed by atoms with Crippen LogP contribution in [0.3, 0.4) is 0 Å². The fourth-order valence-electron chi connectivity index (χ4n) is 2.00.